The fraction of sp³-hybridized carbons (Fsp3) is 0.235. The first-order valence-corrected chi connectivity index (χ1v) is 9.46. The summed E-state index contributed by atoms with van der Waals surface area (Å²) in [6, 6.07) is 13.9. The average molecular weight is 367 g/mol. The second-order valence-electron chi connectivity index (χ2n) is 5.50. The third-order valence-electron chi connectivity index (χ3n) is 3.74. The van der Waals surface area contributed by atoms with Crippen LogP contribution in [0, 0.1) is 0 Å². The highest BCUT2D eigenvalue weighted by Gasteiger charge is 2.14. The van der Waals surface area contributed by atoms with Crippen molar-refractivity contribution in [1.29, 1.82) is 0 Å². The number of likely N-dealkylation sites (N-methyl/N-ethyl adjacent to an activating group) is 1. The summed E-state index contributed by atoms with van der Waals surface area (Å²) in [5.41, 5.74) is 2.11. The molecule has 1 amide bonds. The van der Waals surface area contributed by atoms with E-state index in [1.165, 1.54) is 11.4 Å². The summed E-state index contributed by atoms with van der Waals surface area (Å²) in [6.07, 6.45) is 1.40. The van der Waals surface area contributed by atoms with Gasteiger partial charge in [0.1, 0.15) is 0 Å². The van der Waals surface area contributed by atoms with E-state index in [0.717, 1.165) is 11.8 Å². The summed E-state index contributed by atoms with van der Waals surface area (Å²) < 4.78 is 24.3. The van der Waals surface area contributed by atoms with Gasteiger partial charge >= 0.3 is 0 Å². The van der Waals surface area contributed by atoms with E-state index in [0.29, 0.717) is 16.4 Å². The molecular weight excluding hydrogens is 348 g/mol. The predicted molar refractivity (Wildman–Crippen MR) is 98.3 cm³/mol. The van der Waals surface area contributed by atoms with E-state index >= 15 is 0 Å². The lowest BCUT2D eigenvalue weighted by molar-refractivity contribution is -0.117. The molecule has 0 unspecified atom stereocenters. The van der Waals surface area contributed by atoms with E-state index < -0.39 is 10.0 Å². The number of anilines is 2. The minimum Gasteiger partial charge on any atom is -0.315 e. The molecule has 0 aliphatic rings. The molecule has 5 nitrogen and oxygen atoms in total. The number of hydrogen-bond acceptors (Lipinski definition) is 3. The van der Waals surface area contributed by atoms with Crippen LogP contribution in [0.5, 0.6) is 0 Å². The minimum absolute atomic E-state index is 0.0680. The highest BCUT2D eigenvalue weighted by Crippen LogP contribution is 2.21. The van der Waals surface area contributed by atoms with Crippen molar-refractivity contribution in [2.45, 2.75) is 6.42 Å². The van der Waals surface area contributed by atoms with Crippen molar-refractivity contribution < 1.29 is 13.2 Å². The minimum atomic E-state index is -3.31. The van der Waals surface area contributed by atoms with Crippen LogP contribution in [0.4, 0.5) is 11.4 Å². The van der Waals surface area contributed by atoms with Gasteiger partial charge in [-0.05, 0) is 42.0 Å². The van der Waals surface area contributed by atoms with Gasteiger partial charge in [-0.15, -0.1) is 0 Å². The van der Waals surface area contributed by atoms with Crippen molar-refractivity contribution >= 4 is 38.9 Å². The van der Waals surface area contributed by atoms with Crippen LogP contribution < -0.4 is 9.21 Å². The molecule has 128 valence electrons. The van der Waals surface area contributed by atoms with Crippen LogP contribution >= 0.6 is 11.6 Å². The lowest BCUT2D eigenvalue weighted by Gasteiger charge is -2.20. The maximum absolute atomic E-state index is 12.4. The Morgan fingerprint density at radius 2 is 1.46 bits per heavy atom. The summed E-state index contributed by atoms with van der Waals surface area (Å²) >= 11 is 5.84. The molecule has 0 heterocycles. The van der Waals surface area contributed by atoms with Gasteiger partial charge in [0, 0.05) is 24.8 Å². The number of carbonyl (C=O) groups is 1. The van der Waals surface area contributed by atoms with Crippen LogP contribution in [-0.2, 0) is 21.2 Å². The molecule has 24 heavy (non-hydrogen) atoms. The standard InChI is InChI=1S/C17H19ClN2O3S/c1-19(17(21)12-13-4-6-14(18)7-5-13)15-8-10-16(11-9-15)20(2)24(3,22)23/h4-11H,12H2,1-3H3. The molecule has 7 heteroatoms. The van der Waals surface area contributed by atoms with Crippen LogP contribution in [0.3, 0.4) is 0 Å². The molecule has 0 bridgehead atoms. The van der Waals surface area contributed by atoms with Crippen LogP contribution in [0.15, 0.2) is 48.5 Å². The number of carbonyl (C=O) groups excluding carboxylic acids is 1. The zero-order valence-corrected chi connectivity index (χ0v) is 15.3. The molecule has 0 aromatic heterocycles. The Balaban J connectivity index is 2.10. The van der Waals surface area contributed by atoms with Gasteiger partial charge in [0.05, 0.1) is 18.4 Å². The monoisotopic (exact) mass is 366 g/mol. The molecule has 0 saturated heterocycles. The first-order chi connectivity index (χ1) is 11.2. The Kier molecular flexibility index (Phi) is 5.51. The third-order valence-corrected chi connectivity index (χ3v) is 5.20. The van der Waals surface area contributed by atoms with Crippen LogP contribution in [0.2, 0.25) is 5.02 Å². The highest BCUT2D eigenvalue weighted by atomic mass is 35.5. The number of rotatable bonds is 5. The van der Waals surface area contributed by atoms with E-state index in [1.807, 2.05) is 12.1 Å². The number of halogens is 1. The topological polar surface area (TPSA) is 57.7 Å². The quantitative estimate of drug-likeness (QED) is 0.817. The van der Waals surface area contributed by atoms with E-state index in [-0.39, 0.29) is 12.3 Å². The Hall–Kier alpha value is -2.05. The average Bonchev–Trinajstić information content (AvgIpc) is 2.55. The highest BCUT2D eigenvalue weighted by molar-refractivity contribution is 7.92. The molecule has 0 fully saturated rings. The number of benzene rings is 2. The zero-order chi connectivity index (χ0) is 17.9. The van der Waals surface area contributed by atoms with Gasteiger partial charge in [0.25, 0.3) is 0 Å². The van der Waals surface area contributed by atoms with Gasteiger partial charge in [-0.1, -0.05) is 23.7 Å². The molecule has 2 aromatic rings. The van der Waals surface area contributed by atoms with Gasteiger partial charge in [-0.3, -0.25) is 9.10 Å². The molecule has 0 aliphatic carbocycles. The summed E-state index contributed by atoms with van der Waals surface area (Å²) in [7, 11) is -0.134. The second kappa shape index (κ2) is 7.23. The van der Waals surface area contributed by atoms with Gasteiger partial charge in [-0.2, -0.15) is 0 Å². The smallest absolute Gasteiger partial charge is 0.231 e. The van der Waals surface area contributed by atoms with Crippen molar-refractivity contribution in [3.05, 3.63) is 59.1 Å². The lowest BCUT2D eigenvalue weighted by Crippen LogP contribution is -2.28. The SMILES string of the molecule is CN(C(=O)Cc1ccc(Cl)cc1)c1ccc(N(C)S(C)(=O)=O)cc1. The third kappa shape index (κ3) is 4.49. The summed E-state index contributed by atoms with van der Waals surface area (Å²) in [5.74, 6) is -0.0680. The zero-order valence-electron chi connectivity index (χ0n) is 13.7. The van der Waals surface area contributed by atoms with E-state index in [9.17, 15) is 13.2 Å². The Morgan fingerprint density at radius 3 is 1.96 bits per heavy atom. The molecule has 0 spiro atoms. The molecule has 0 aliphatic heterocycles. The number of amides is 1. The van der Waals surface area contributed by atoms with Crippen molar-refractivity contribution in [2.24, 2.45) is 0 Å². The Labute approximate surface area is 147 Å². The van der Waals surface area contributed by atoms with E-state index in [2.05, 4.69) is 0 Å². The van der Waals surface area contributed by atoms with E-state index in [1.54, 1.807) is 48.3 Å². The van der Waals surface area contributed by atoms with Gasteiger partial charge in [0.15, 0.2) is 0 Å². The molecular formula is C17H19ClN2O3S. The van der Waals surface area contributed by atoms with Gasteiger partial charge < -0.3 is 4.90 Å². The van der Waals surface area contributed by atoms with E-state index in [4.69, 9.17) is 11.6 Å². The van der Waals surface area contributed by atoms with Gasteiger partial charge in [0.2, 0.25) is 15.9 Å². The molecule has 0 saturated carbocycles. The lowest BCUT2D eigenvalue weighted by atomic mass is 10.1. The van der Waals surface area contributed by atoms with Crippen molar-refractivity contribution in [3.63, 3.8) is 0 Å². The first-order valence-electron chi connectivity index (χ1n) is 7.23. The van der Waals surface area contributed by atoms with Crippen molar-refractivity contribution in [3.8, 4) is 0 Å². The summed E-state index contributed by atoms with van der Waals surface area (Å²) in [6.45, 7) is 0. The summed E-state index contributed by atoms with van der Waals surface area (Å²) in [4.78, 5) is 13.9. The molecule has 0 radical (unpaired) electrons. The predicted octanol–water partition coefficient (Wildman–Crippen LogP) is 2.94. The number of nitrogens with zero attached hydrogens (tertiary/aromatic N) is 2. The maximum atomic E-state index is 12.4. The molecule has 0 atom stereocenters. The Morgan fingerprint density at radius 1 is 0.958 bits per heavy atom. The largest absolute Gasteiger partial charge is 0.315 e. The van der Waals surface area contributed by atoms with Gasteiger partial charge in [-0.25, -0.2) is 8.42 Å². The fourth-order valence-electron chi connectivity index (χ4n) is 2.12. The Bertz CT molecular complexity index is 818. The second-order valence-corrected chi connectivity index (χ2v) is 7.95. The maximum Gasteiger partial charge on any atom is 0.231 e. The van der Waals surface area contributed by atoms with Crippen LogP contribution in [0.1, 0.15) is 5.56 Å². The van der Waals surface area contributed by atoms with Crippen LogP contribution in [-0.4, -0.2) is 34.7 Å². The first kappa shape index (κ1) is 18.3. The summed E-state index contributed by atoms with van der Waals surface area (Å²) in [5, 5.41) is 0.630. The number of sulfonamides is 1. The molecule has 2 aromatic carbocycles. The van der Waals surface area contributed by atoms with Crippen molar-refractivity contribution in [1.82, 2.24) is 0 Å². The normalized spacial score (nSPS) is 11.2. The molecule has 0 N–H and O–H groups in total. The molecule has 2 rings (SSSR count). The van der Waals surface area contributed by atoms with Crippen LogP contribution in [0.25, 0.3) is 0 Å². The number of hydrogen-bond donors (Lipinski definition) is 0. The fourth-order valence-corrected chi connectivity index (χ4v) is 2.75. The van der Waals surface area contributed by atoms with Crippen molar-refractivity contribution in [2.75, 3.05) is 29.6 Å².